The number of rotatable bonds is 51. The number of aliphatic hydroxyl groups excluding tert-OH is 2. The van der Waals surface area contributed by atoms with Gasteiger partial charge in [-0.25, -0.2) is 4.79 Å². The van der Waals surface area contributed by atoms with Gasteiger partial charge < -0.3 is 39.0 Å². The third-order valence-electron chi connectivity index (χ3n) is 13.5. The Morgan fingerprint density at radius 2 is 0.831 bits per heavy atom. The van der Waals surface area contributed by atoms with Crippen LogP contribution in [0, 0.1) is 0 Å². The monoisotopic (exact) mass is 1080 g/mol. The van der Waals surface area contributed by atoms with Crippen LogP contribution in [0.2, 0.25) is 0 Å². The summed E-state index contributed by atoms with van der Waals surface area (Å²) in [5.41, 5.74) is 0. The molecule has 12 heteroatoms. The van der Waals surface area contributed by atoms with E-state index in [2.05, 4.69) is 99.8 Å². The molecule has 1 fully saturated rings. The predicted molar refractivity (Wildman–Crippen MR) is 312 cm³/mol. The molecule has 440 valence electrons. The second-order valence-electron chi connectivity index (χ2n) is 20.6. The molecule has 1 saturated heterocycles. The van der Waals surface area contributed by atoms with Crippen molar-refractivity contribution in [2.75, 3.05) is 13.2 Å². The zero-order chi connectivity index (χ0) is 56.1. The van der Waals surface area contributed by atoms with Crippen LogP contribution in [0.25, 0.3) is 0 Å². The maximum absolute atomic E-state index is 13.2. The summed E-state index contributed by atoms with van der Waals surface area (Å²) in [5.74, 6) is -3.21. The van der Waals surface area contributed by atoms with Crippen molar-refractivity contribution in [2.45, 2.75) is 289 Å². The molecule has 1 aliphatic rings. The summed E-state index contributed by atoms with van der Waals surface area (Å²) in [5, 5.41) is 31.5. The van der Waals surface area contributed by atoms with Crippen molar-refractivity contribution in [2.24, 2.45) is 0 Å². The fourth-order valence-electron chi connectivity index (χ4n) is 8.79. The minimum absolute atomic E-state index is 0.0537. The summed E-state index contributed by atoms with van der Waals surface area (Å²) < 4.78 is 28.4. The number of hydrogen-bond donors (Lipinski definition) is 3. The average molecular weight is 1080 g/mol. The molecule has 0 saturated carbocycles. The molecular weight excluding hydrogens is 973 g/mol. The first-order chi connectivity index (χ1) is 37.6. The smallest absolute Gasteiger partial charge is 0.335 e. The van der Waals surface area contributed by atoms with Gasteiger partial charge in [-0.2, -0.15) is 0 Å². The van der Waals surface area contributed by atoms with E-state index in [1.807, 2.05) is 6.08 Å². The third-order valence-corrected chi connectivity index (χ3v) is 13.5. The zero-order valence-electron chi connectivity index (χ0n) is 48.4. The van der Waals surface area contributed by atoms with Gasteiger partial charge in [0.15, 0.2) is 24.6 Å². The van der Waals surface area contributed by atoms with Crippen LogP contribution in [0.3, 0.4) is 0 Å². The van der Waals surface area contributed by atoms with Gasteiger partial charge >= 0.3 is 23.9 Å². The molecule has 0 aliphatic carbocycles. The van der Waals surface area contributed by atoms with Gasteiger partial charge in [0.1, 0.15) is 18.8 Å². The summed E-state index contributed by atoms with van der Waals surface area (Å²) in [6.45, 7) is 5.80. The molecule has 77 heavy (non-hydrogen) atoms. The molecule has 0 aromatic heterocycles. The van der Waals surface area contributed by atoms with Crippen LogP contribution >= 0.6 is 0 Å². The van der Waals surface area contributed by atoms with Gasteiger partial charge in [0, 0.05) is 19.3 Å². The molecule has 1 aliphatic heterocycles. The first-order valence-electron chi connectivity index (χ1n) is 30.6. The number of carbonyl (C=O) groups is 4. The molecule has 3 N–H and O–H groups in total. The largest absolute Gasteiger partial charge is 0.479 e. The Kier molecular flexibility index (Phi) is 48.4. The lowest BCUT2D eigenvalue weighted by Crippen LogP contribution is -2.61. The third kappa shape index (κ3) is 42.5. The van der Waals surface area contributed by atoms with E-state index in [9.17, 15) is 34.5 Å². The number of hydrogen-bond acceptors (Lipinski definition) is 11. The highest BCUT2D eigenvalue weighted by atomic mass is 16.7. The molecule has 6 atom stereocenters. The Morgan fingerprint density at radius 1 is 0.442 bits per heavy atom. The molecule has 1 rings (SSSR count). The van der Waals surface area contributed by atoms with E-state index in [1.54, 1.807) is 0 Å². The van der Waals surface area contributed by atoms with E-state index in [0.29, 0.717) is 25.7 Å². The number of aliphatic carboxylic acids is 1. The van der Waals surface area contributed by atoms with Gasteiger partial charge in [-0.15, -0.1) is 0 Å². The van der Waals surface area contributed by atoms with Crippen molar-refractivity contribution in [3.05, 3.63) is 85.1 Å². The molecule has 0 bridgehead atoms. The summed E-state index contributed by atoms with van der Waals surface area (Å²) in [4.78, 5) is 51.2. The number of allylic oxidation sites excluding steroid dienone is 14. The number of esters is 3. The molecule has 0 amide bonds. The number of aliphatic hydroxyl groups is 2. The van der Waals surface area contributed by atoms with Gasteiger partial charge in [-0.1, -0.05) is 228 Å². The van der Waals surface area contributed by atoms with E-state index < -0.39 is 67.3 Å². The lowest BCUT2D eigenvalue weighted by molar-refractivity contribution is -0.301. The Hall–Kier alpha value is -4.10. The van der Waals surface area contributed by atoms with Crippen LogP contribution in [0.1, 0.15) is 252 Å². The molecular formula is C65H108O12. The van der Waals surface area contributed by atoms with E-state index in [1.165, 1.54) is 83.5 Å². The van der Waals surface area contributed by atoms with Crippen LogP contribution in [0.5, 0.6) is 0 Å². The van der Waals surface area contributed by atoms with Crippen molar-refractivity contribution >= 4 is 23.9 Å². The highest BCUT2D eigenvalue weighted by molar-refractivity contribution is 5.74. The van der Waals surface area contributed by atoms with Gasteiger partial charge in [-0.05, 0) is 89.9 Å². The minimum atomic E-state index is -1.91. The summed E-state index contributed by atoms with van der Waals surface area (Å²) >= 11 is 0. The van der Waals surface area contributed by atoms with Gasteiger partial charge in [0.2, 0.25) is 0 Å². The van der Waals surface area contributed by atoms with E-state index in [4.69, 9.17) is 23.7 Å². The van der Waals surface area contributed by atoms with Crippen molar-refractivity contribution in [1.29, 1.82) is 0 Å². The Balaban J connectivity index is 2.73. The summed E-state index contributed by atoms with van der Waals surface area (Å²) in [6.07, 6.45) is 55.5. The Labute approximate surface area is 467 Å². The molecule has 1 heterocycles. The minimum Gasteiger partial charge on any atom is -0.479 e. The maximum Gasteiger partial charge on any atom is 0.335 e. The molecule has 0 aromatic carbocycles. The van der Waals surface area contributed by atoms with Crippen LogP contribution in [-0.2, 0) is 42.9 Å². The topological polar surface area (TPSA) is 175 Å². The quantitative estimate of drug-likeness (QED) is 0.0228. The summed E-state index contributed by atoms with van der Waals surface area (Å²) in [6, 6.07) is 0. The SMILES string of the molecule is CC/C=C\C/C=C\C/C=C\C/C=C\C/C=C\CCCC(=O)OCC(COC1OC(C(=O)O)C(O)C(O)C1OC(=O)CCCCCCCCCCCCCCCCC)OC(=O)CCCCCCC/C=C\C/C=C\CCCCC. The van der Waals surface area contributed by atoms with Gasteiger partial charge in [-0.3, -0.25) is 14.4 Å². The van der Waals surface area contributed by atoms with Gasteiger partial charge in [0.05, 0.1) is 6.61 Å². The highest BCUT2D eigenvalue weighted by Gasteiger charge is 2.50. The lowest BCUT2D eigenvalue weighted by atomic mass is 9.98. The Morgan fingerprint density at radius 3 is 1.31 bits per heavy atom. The first kappa shape index (κ1) is 70.9. The number of carboxylic acid groups (broad SMARTS) is 1. The van der Waals surface area contributed by atoms with Gasteiger partial charge in [0.25, 0.3) is 0 Å². The second-order valence-corrected chi connectivity index (χ2v) is 20.6. The van der Waals surface area contributed by atoms with Crippen LogP contribution in [0.4, 0.5) is 0 Å². The molecule has 6 unspecified atom stereocenters. The van der Waals surface area contributed by atoms with Crippen molar-refractivity contribution in [3.63, 3.8) is 0 Å². The van der Waals surface area contributed by atoms with Crippen molar-refractivity contribution in [1.82, 2.24) is 0 Å². The molecule has 12 nitrogen and oxygen atoms in total. The zero-order valence-corrected chi connectivity index (χ0v) is 48.4. The highest BCUT2D eigenvalue weighted by Crippen LogP contribution is 2.26. The second kappa shape index (κ2) is 52.6. The van der Waals surface area contributed by atoms with E-state index >= 15 is 0 Å². The van der Waals surface area contributed by atoms with Crippen LogP contribution in [0.15, 0.2) is 85.1 Å². The number of ether oxygens (including phenoxy) is 5. The first-order valence-corrected chi connectivity index (χ1v) is 30.6. The summed E-state index contributed by atoms with van der Waals surface area (Å²) in [7, 11) is 0. The maximum atomic E-state index is 13.2. The molecule has 0 spiro atoms. The number of carbonyl (C=O) groups excluding carboxylic acids is 3. The lowest BCUT2D eigenvalue weighted by Gasteiger charge is -2.40. The van der Waals surface area contributed by atoms with Crippen LogP contribution < -0.4 is 0 Å². The predicted octanol–water partition coefficient (Wildman–Crippen LogP) is 15.9. The molecule has 0 radical (unpaired) electrons. The number of unbranched alkanes of at least 4 members (excludes halogenated alkanes) is 23. The van der Waals surface area contributed by atoms with E-state index in [0.717, 1.165) is 103 Å². The molecule has 0 aromatic rings. The van der Waals surface area contributed by atoms with Crippen molar-refractivity contribution in [3.8, 4) is 0 Å². The standard InChI is InChI=1S/C65H108O12/c1-4-7-10-13-16-19-22-25-28-29-32-33-36-39-42-45-48-51-57(66)73-54-56(75-58(67)52-49-46-43-40-37-34-30-26-23-20-17-14-11-8-5-2)55-74-65-63(61(70)60(69)62(77-65)64(71)72)76-59(68)53-50-47-44-41-38-35-31-27-24-21-18-15-12-9-6-3/h7,10,16-17,19-20,25-26,28,30,32-33,39,42,56,60-63,65,69-70H,4-6,8-9,11-15,18,21-24,27,29,31,34-38,40-41,43-55H2,1-3H3,(H,71,72)/b10-7-,19-16-,20-17-,28-25-,30-26-,33-32-,42-39-. The fraction of sp³-hybridized carbons (Fsp3) is 0.723. The fourth-order valence-corrected chi connectivity index (χ4v) is 8.79. The number of carboxylic acids is 1. The van der Waals surface area contributed by atoms with Crippen LogP contribution in [-0.4, -0.2) is 89.2 Å². The normalized spacial score (nSPS) is 18.6. The van der Waals surface area contributed by atoms with E-state index in [-0.39, 0.29) is 25.9 Å². The van der Waals surface area contributed by atoms with Crippen molar-refractivity contribution < 1.29 is 58.2 Å². The average Bonchev–Trinajstić information content (AvgIpc) is 3.42. The Bertz CT molecular complexity index is 1660.